The number of aromatic amines is 2. The van der Waals surface area contributed by atoms with Gasteiger partial charge in [0.25, 0.3) is 5.91 Å². The molecule has 0 spiro atoms. The van der Waals surface area contributed by atoms with Gasteiger partial charge in [-0.2, -0.15) is 5.10 Å². The number of aryl methyl sites for hydroxylation is 1. The zero-order valence-electron chi connectivity index (χ0n) is 16.5. The van der Waals surface area contributed by atoms with Crippen molar-refractivity contribution in [2.45, 2.75) is 32.7 Å². The van der Waals surface area contributed by atoms with Crippen molar-refractivity contribution < 1.29 is 14.3 Å². The van der Waals surface area contributed by atoms with Gasteiger partial charge in [-0.1, -0.05) is 0 Å². The number of rotatable bonds is 5. The van der Waals surface area contributed by atoms with Crippen LogP contribution in [-0.2, 0) is 4.74 Å². The number of piperidine rings is 1. The Balaban J connectivity index is 1.63. The van der Waals surface area contributed by atoms with Gasteiger partial charge >= 0.3 is 5.97 Å². The first-order valence-electron chi connectivity index (χ1n) is 9.80. The van der Waals surface area contributed by atoms with Crippen LogP contribution in [-0.4, -0.2) is 57.8 Å². The van der Waals surface area contributed by atoms with Crippen molar-refractivity contribution in [2.24, 2.45) is 0 Å². The van der Waals surface area contributed by atoms with Crippen LogP contribution in [0.25, 0.3) is 22.6 Å². The number of benzene rings is 1. The van der Waals surface area contributed by atoms with Crippen LogP contribution in [0.15, 0.2) is 18.2 Å². The van der Waals surface area contributed by atoms with Crippen LogP contribution >= 0.6 is 0 Å². The van der Waals surface area contributed by atoms with E-state index in [9.17, 15) is 9.59 Å². The molecule has 0 bridgehead atoms. The number of ether oxygens (including phenoxy) is 1. The maximum Gasteiger partial charge on any atom is 0.338 e. The highest BCUT2D eigenvalue weighted by molar-refractivity contribution is 6.01. The van der Waals surface area contributed by atoms with Crippen molar-refractivity contribution in [2.75, 3.05) is 19.7 Å². The van der Waals surface area contributed by atoms with E-state index in [1.54, 1.807) is 25.1 Å². The second kappa shape index (κ2) is 8.04. The van der Waals surface area contributed by atoms with Crippen LogP contribution in [0, 0.1) is 6.92 Å². The summed E-state index contributed by atoms with van der Waals surface area (Å²) in [5.41, 5.74) is 3.42. The number of hydrogen-bond donors (Lipinski definition) is 4. The normalized spacial score (nSPS) is 14.8. The zero-order chi connectivity index (χ0) is 20.4. The first-order chi connectivity index (χ1) is 14.1. The average Bonchev–Trinajstić information content (AvgIpc) is 3.31. The van der Waals surface area contributed by atoms with E-state index in [4.69, 9.17) is 4.74 Å². The van der Waals surface area contributed by atoms with Crippen molar-refractivity contribution in [3.8, 4) is 11.5 Å². The maximum atomic E-state index is 12.9. The zero-order valence-corrected chi connectivity index (χ0v) is 16.5. The van der Waals surface area contributed by atoms with E-state index in [-0.39, 0.29) is 17.9 Å². The smallest absolute Gasteiger partial charge is 0.338 e. The third kappa shape index (κ3) is 3.86. The number of hydrogen-bond acceptors (Lipinski definition) is 6. The number of amides is 1. The fourth-order valence-corrected chi connectivity index (χ4v) is 3.57. The van der Waals surface area contributed by atoms with Crippen LogP contribution < -0.4 is 10.6 Å². The highest BCUT2D eigenvalue weighted by Crippen LogP contribution is 2.25. The minimum atomic E-state index is -0.386. The predicted molar refractivity (Wildman–Crippen MR) is 108 cm³/mol. The van der Waals surface area contributed by atoms with Crippen LogP contribution in [0.5, 0.6) is 0 Å². The lowest BCUT2D eigenvalue weighted by molar-refractivity contribution is 0.0526. The van der Waals surface area contributed by atoms with Crippen LogP contribution in [0.3, 0.4) is 0 Å². The van der Waals surface area contributed by atoms with Gasteiger partial charge in [0.15, 0.2) is 5.82 Å². The topological polar surface area (TPSA) is 125 Å². The lowest BCUT2D eigenvalue weighted by Gasteiger charge is -2.23. The molecular formula is C20H24N6O3. The van der Waals surface area contributed by atoms with Gasteiger partial charge in [-0.15, -0.1) is 0 Å². The maximum absolute atomic E-state index is 12.9. The minimum Gasteiger partial charge on any atom is -0.462 e. The number of fused-ring (bicyclic) bond motifs is 1. The molecule has 3 aromatic rings. The molecule has 0 radical (unpaired) electrons. The van der Waals surface area contributed by atoms with Crippen molar-refractivity contribution in [3.05, 3.63) is 35.0 Å². The number of imidazole rings is 1. The fourth-order valence-electron chi connectivity index (χ4n) is 3.57. The summed E-state index contributed by atoms with van der Waals surface area (Å²) in [7, 11) is 0. The van der Waals surface area contributed by atoms with E-state index in [1.807, 2.05) is 6.92 Å². The van der Waals surface area contributed by atoms with E-state index >= 15 is 0 Å². The minimum absolute atomic E-state index is 0.147. The number of nitrogens with zero attached hydrogens (tertiary/aromatic N) is 2. The first kappa shape index (κ1) is 19.1. The summed E-state index contributed by atoms with van der Waals surface area (Å²) in [5.74, 6) is -0.0742. The largest absolute Gasteiger partial charge is 0.462 e. The fraction of sp³-hybridized carbons (Fsp3) is 0.400. The number of carbonyl (C=O) groups is 2. The summed E-state index contributed by atoms with van der Waals surface area (Å²) in [5, 5.41) is 13.6. The second-order valence-electron chi connectivity index (χ2n) is 7.11. The number of H-pyrrole nitrogens is 2. The standard InChI is InChI=1S/C20H24N6O3/c1-3-29-20(28)12-4-5-14-15(10-12)24-18(23-14)17-16(11(2)25-26-17)19(27)22-13-6-8-21-9-7-13/h4-5,10,13,21H,3,6-9H2,1-2H3,(H,22,27)(H,23,24)(H,25,26). The molecule has 9 heteroatoms. The van der Waals surface area contributed by atoms with Crippen molar-refractivity contribution in [1.29, 1.82) is 0 Å². The van der Waals surface area contributed by atoms with Gasteiger partial charge in [-0.05, 0) is 58.0 Å². The molecule has 1 saturated heterocycles. The molecule has 152 valence electrons. The Kier molecular flexibility index (Phi) is 5.30. The highest BCUT2D eigenvalue weighted by atomic mass is 16.5. The van der Waals surface area contributed by atoms with Gasteiger partial charge in [-0.3, -0.25) is 9.89 Å². The van der Waals surface area contributed by atoms with Crippen molar-refractivity contribution >= 4 is 22.9 Å². The number of esters is 1. The van der Waals surface area contributed by atoms with E-state index in [1.165, 1.54) is 0 Å². The summed E-state index contributed by atoms with van der Waals surface area (Å²) < 4.78 is 5.05. The highest BCUT2D eigenvalue weighted by Gasteiger charge is 2.24. The Bertz CT molecular complexity index is 1050. The molecular weight excluding hydrogens is 372 g/mol. The molecule has 1 aliphatic heterocycles. The molecule has 29 heavy (non-hydrogen) atoms. The second-order valence-corrected chi connectivity index (χ2v) is 7.11. The summed E-state index contributed by atoms with van der Waals surface area (Å²) in [6.07, 6.45) is 1.80. The molecule has 0 aliphatic carbocycles. The Morgan fingerprint density at radius 2 is 2.07 bits per heavy atom. The van der Waals surface area contributed by atoms with E-state index in [0.717, 1.165) is 25.9 Å². The van der Waals surface area contributed by atoms with Crippen molar-refractivity contribution in [3.63, 3.8) is 0 Å². The molecule has 0 saturated carbocycles. The Morgan fingerprint density at radius 1 is 1.28 bits per heavy atom. The van der Waals surface area contributed by atoms with E-state index in [2.05, 4.69) is 30.8 Å². The molecule has 1 amide bonds. The molecule has 2 aromatic heterocycles. The Labute approximate surface area is 167 Å². The van der Waals surface area contributed by atoms with Crippen LogP contribution in [0.1, 0.15) is 46.2 Å². The van der Waals surface area contributed by atoms with Gasteiger partial charge in [0, 0.05) is 11.7 Å². The molecule has 9 nitrogen and oxygen atoms in total. The number of carbonyl (C=O) groups excluding carboxylic acids is 2. The molecule has 0 atom stereocenters. The molecule has 0 unspecified atom stereocenters. The number of aromatic nitrogens is 4. The van der Waals surface area contributed by atoms with Gasteiger partial charge < -0.3 is 20.4 Å². The third-order valence-electron chi connectivity index (χ3n) is 5.07. The average molecular weight is 396 g/mol. The lowest BCUT2D eigenvalue weighted by atomic mass is 10.1. The van der Waals surface area contributed by atoms with Crippen molar-refractivity contribution in [1.82, 2.24) is 30.8 Å². The Morgan fingerprint density at radius 3 is 2.83 bits per heavy atom. The number of nitrogens with one attached hydrogen (secondary N) is 4. The molecule has 1 fully saturated rings. The monoisotopic (exact) mass is 396 g/mol. The summed E-state index contributed by atoms with van der Waals surface area (Å²) >= 11 is 0. The van der Waals surface area contributed by atoms with Gasteiger partial charge in [0.1, 0.15) is 5.69 Å². The molecule has 1 aromatic carbocycles. The predicted octanol–water partition coefficient (Wildman–Crippen LogP) is 1.92. The summed E-state index contributed by atoms with van der Waals surface area (Å²) in [4.78, 5) is 32.6. The lowest BCUT2D eigenvalue weighted by Crippen LogP contribution is -2.42. The quantitative estimate of drug-likeness (QED) is 0.488. The van der Waals surface area contributed by atoms with Gasteiger partial charge in [0.05, 0.1) is 28.8 Å². The van der Waals surface area contributed by atoms with Gasteiger partial charge in [-0.25, -0.2) is 9.78 Å². The van der Waals surface area contributed by atoms with Crippen LogP contribution in [0.2, 0.25) is 0 Å². The molecule has 3 heterocycles. The molecule has 1 aliphatic rings. The SMILES string of the molecule is CCOC(=O)c1ccc2nc(-c3n[nH]c(C)c3C(=O)NC3CCNCC3)[nH]c2c1. The summed E-state index contributed by atoms with van der Waals surface area (Å²) in [6.45, 7) is 5.69. The first-order valence-corrected chi connectivity index (χ1v) is 9.80. The third-order valence-corrected chi connectivity index (χ3v) is 5.07. The van der Waals surface area contributed by atoms with E-state index in [0.29, 0.717) is 46.0 Å². The molecule has 4 N–H and O–H groups in total. The van der Waals surface area contributed by atoms with Gasteiger partial charge in [0.2, 0.25) is 0 Å². The summed E-state index contributed by atoms with van der Waals surface area (Å²) in [6, 6.07) is 5.26. The Hall–Kier alpha value is -3.20. The molecule has 4 rings (SSSR count). The van der Waals surface area contributed by atoms with Crippen LogP contribution in [0.4, 0.5) is 0 Å². The van der Waals surface area contributed by atoms with E-state index < -0.39 is 0 Å².